The van der Waals surface area contributed by atoms with Gasteiger partial charge in [-0.15, -0.1) is 0 Å². The summed E-state index contributed by atoms with van der Waals surface area (Å²) in [5, 5.41) is 9.31. The van der Waals surface area contributed by atoms with E-state index in [-0.39, 0.29) is 18.6 Å². The SMILES string of the molecule is COC(=O)c1ccccc1CN1CCCC1CO. The molecule has 1 atom stereocenters. The van der Waals surface area contributed by atoms with Crippen molar-refractivity contribution in [3.05, 3.63) is 35.4 Å². The summed E-state index contributed by atoms with van der Waals surface area (Å²) in [4.78, 5) is 13.9. The highest BCUT2D eigenvalue weighted by Gasteiger charge is 2.24. The number of benzene rings is 1. The van der Waals surface area contributed by atoms with Crippen molar-refractivity contribution in [2.45, 2.75) is 25.4 Å². The van der Waals surface area contributed by atoms with Gasteiger partial charge in [-0.3, -0.25) is 4.90 Å². The molecule has 1 unspecified atom stereocenters. The molecule has 0 saturated carbocycles. The number of aliphatic hydroxyl groups is 1. The Hall–Kier alpha value is -1.39. The van der Waals surface area contributed by atoms with Crippen LogP contribution in [0.2, 0.25) is 0 Å². The Balaban J connectivity index is 2.16. The Morgan fingerprint density at radius 3 is 3.00 bits per heavy atom. The van der Waals surface area contributed by atoms with Crippen LogP contribution >= 0.6 is 0 Å². The monoisotopic (exact) mass is 249 g/mol. The number of rotatable bonds is 4. The molecule has 4 nitrogen and oxygen atoms in total. The van der Waals surface area contributed by atoms with Gasteiger partial charge in [-0.2, -0.15) is 0 Å². The molecule has 4 heteroatoms. The largest absolute Gasteiger partial charge is 0.465 e. The fourth-order valence-electron chi connectivity index (χ4n) is 2.50. The van der Waals surface area contributed by atoms with E-state index in [2.05, 4.69) is 4.90 Å². The van der Waals surface area contributed by atoms with Gasteiger partial charge in [0.2, 0.25) is 0 Å². The van der Waals surface area contributed by atoms with Crippen LogP contribution in [0.3, 0.4) is 0 Å². The molecule has 0 amide bonds. The van der Waals surface area contributed by atoms with Gasteiger partial charge in [0, 0.05) is 12.6 Å². The van der Waals surface area contributed by atoms with Crippen LogP contribution < -0.4 is 0 Å². The fourth-order valence-corrected chi connectivity index (χ4v) is 2.50. The van der Waals surface area contributed by atoms with Crippen molar-refractivity contribution in [2.24, 2.45) is 0 Å². The molecule has 1 aliphatic heterocycles. The molecule has 0 aliphatic carbocycles. The predicted octanol–water partition coefficient (Wildman–Crippen LogP) is 1.43. The van der Waals surface area contributed by atoms with Crippen molar-refractivity contribution in [2.75, 3.05) is 20.3 Å². The quantitative estimate of drug-likeness (QED) is 0.820. The fraction of sp³-hybridized carbons (Fsp3) is 0.500. The van der Waals surface area contributed by atoms with Gasteiger partial charge in [-0.1, -0.05) is 18.2 Å². The molecular weight excluding hydrogens is 230 g/mol. The molecule has 1 aromatic rings. The molecule has 1 heterocycles. The third-order valence-corrected chi connectivity index (χ3v) is 3.51. The first-order valence-electron chi connectivity index (χ1n) is 6.27. The first-order valence-corrected chi connectivity index (χ1v) is 6.27. The van der Waals surface area contributed by atoms with Crippen molar-refractivity contribution in [1.82, 2.24) is 4.90 Å². The molecule has 1 fully saturated rings. The highest BCUT2D eigenvalue weighted by Crippen LogP contribution is 2.21. The number of esters is 1. The number of hydrogen-bond donors (Lipinski definition) is 1. The van der Waals surface area contributed by atoms with E-state index < -0.39 is 0 Å². The number of carbonyl (C=O) groups is 1. The summed E-state index contributed by atoms with van der Waals surface area (Å²) in [5.74, 6) is -0.301. The molecule has 2 rings (SSSR count). The second-order valence-electron chi connectivity index (χ2n) is 4.60. The lowest BCUT2D eigenvalue weighted by molar-refractivity contribution is 0.0597. The molecule has 0 aromatic heterocycles. The van der Waals surface area contributed by atoms with Crippen LogP contribution in [0.5, 0.6) is 0 Å². The van der Waals surface area contributed by atoms with Gasteiger partial charge in [0.15, 0.2) is 0 Å². The summed E-state index contributed by atoms with van der Waals surface area (Å²) in [6, 6.07) is 7.70. The standard InChI is InChI=1S/C14H19NO3/c1-18-14(17)13-7-3-2-5-11(13)9-15-8-4-6-12(15)10-16/h2-3,5,7,12,16H,4,6,8-10H2,1H3. The van der Waals surface area contributed by atoms with Gasteiger partial charge in [0.25, 0.3) is 0 Å². The Kier molecular flexibility index (Phi) is 4.33. The van der Waals surface area contributed by atoms with Crippen LogP contribution in [0.1, 0.15) is 28.8 Å². The van der Waals surface area contributed by atoms with Crippen molar-refractivity contribution in [3.63, 3.8) is 0 Å². The average Bonchev–Trinajstić information content (AvgIpc) is 2.86. The van der Waals surface area contributed by atoms with Crippen LogP contribution in [-0.4, -0.2) is 42.3 Å². The van der Waals surface area contributed by atoms with E-state index in [0.29, 0.717) is 12.1 Å². The van der Waals surface area contributed by atoms with Crippen LogP contribution in [0, 0.1) is 0 Å². The maximum Gasteiger partial charge on any atom is 0.338 e. The third-order valence-electron chi connectivity index (χ3n) is 3.51. The second-order valence-corrected chi connectivity index (χ2v) is 4.60. The highest BCUT2D eigenvalue weighted by atomic mass is 16.5. The molecule has 0 radical (unpaired) electrons. The van der Waals surface area contributed by atoms with E-state index in [1.54, 1.807) is 6.07 Å². The smallest absolute Gasteiger partial charge is 0.338 e. The third kappa shape index (κ3) is 2.71. The number of hydrogen-bond acceptors (Lipinski definition) is 4. The summed E-state index contributed by atoms with van der Waals surface area (Å²) in [5.41, 5.74) is 1.58. The lowest BCUT2D eigenvalue weighted by atomic mass is 10.1. The van der Waals surface area contributed by atoms with E-state index in [0.717, 1.165) is 24.9 Å². The van der Waals surface area contributed by atoms with E-state index in [1.807, 2.05) is 18.2 Å². The zero-order valence-corrected chi connectivity index (χ0v) is 10.6. The number of aliphatic hydroxyl groups excluding tert-OH is 1. The Morgan fingerprint density at radius 2 is 2.28 bits per heavy atom. The zero-order chi connectivity index (χ0) is 13.0. The Labute approximate surface area is 107 Å². The van der Waals surface area contributed by atoms with E-state index in [1.165, 1.54) is 7.11 Å². The van der Waals surface area contributed by atoms with Crippen molar-refractivity contribution < 1.29 is 14.6 Å². The molecule has 0 spiro atoms. The molecule has 1 aromatic carbocycles. The van der Waals surface area contributed by atoms with Gasteiger partial charge in [-0.25, -0.2) is 4.79 Å². The Bertz CT molecular complexity index is 419. The van der Waals surface area contributed by atoms with Gasteiger partial charge >= 0.3 is 5.97 Å². The maximum absolute atomic E-state index is 11.7. The first-order chi connectivity index (χ1) is 8.76. The summed E-state index contributed by atoms with van der Waals surface area (Å²) < 4.78 is 4.79. The summed E-state index contributed by atoms with van der Waals surface area (Å²) in [6.45, 7) is 1.84. The average molecular weight is 249 g/mol. The van der Waals surface area contributed by atoms with Gasteiger partial charge < -0.3 is 9.84 Å². The van der Waals surface area contributed by atoms with Gasteiger partial charge in [0.1, 0.15) is 0 Å². The maximum atomic E-state index is 11.7. The van der Waals surface area contributed by atoms with E-state index >= 15 is 0 Å². The van der Waals surface area contributed by atoms with Crippen LogP contribution in [0.25, 0.3) is 0 Å². The van der Waals surface area contributed by atoms with Crippen molar-refractivity contribution in [1.29, 1.82) is 0 Å². The summed E-state index contributed by atoms with van der Waals surface area (Å²) in [6.07, 6.45) is 2.13. The molecule has 0 bridgehead atoms. The Morgan fingerprint density at radius 1 is 1.50 bits per heavy atom. The second kappa shape index (κ2) is 5.98. The number of likely N-dealkylation sites (tertiary alicyclic amines) is 1. The topological polar surface area (TPSA) is 49.8 Å². The molecule has 1 N–H and O–H groups in total. The van der Waals surface area contributed by atoms with Crippen LogP contribution in [-0.2, 0) is 11.3 Å². The van der Waals surface area contributed by atoms with Crippen LogP contribution in [0.4, 0.5) is 0 Å². The van der Waals surface area contributed by atoms with Gasteiger partial charge in [0.05, 0.1) is 19.3 Å². The number of nitrogens with zero attached hydrogens (tertiary/aromatic N) is 1. The van der Waals surface area contributed by atoms with E-state index in [9.17, 15) is 9.90 Å². The molecule has 1 saturated heterocycles. The van der Waals surface area contributed by atoms with Crippen molar-refractivity contribution in [3.8, 4) is 0 Å². The molecule has 1 aliphatic rings. The molecule has 18 heavy (non-hydrogen) atoms. The summed E-state index contributed by atoms with van der Waals surface area (Å²) in [7, 11) is 1.39. The zero-order valence-electron chi connectivity index (χ0n) is 10.6. The minimum Gasteiger partial charge on any atom is -0.465 e. The highest BCUT2D eigenvalue weighted by molar-refractivity contribution is 5.90. The number of ether oxygens (including phenoxy) is 1. The lowest BCUT2D eigenvalue weighted by Gasteiger charge is -2.23. The van der Waals surface area contributed by atoms with E-state index in [4.69, 9.17) is 4.74 Å². The van der Waals surface area contributed by atoms with Gasteiger partial charge in [-0.05, 0) is 31.0 Å². The summed E-state index contributed by atoms with van der Waals surface area (Å²) >= 11 is 0. The van der Waals surface area contributed by atoms with Crippen molar-refractivity contribution >= 4 is 5.97 Å². The lowest BCUT2D eigenvalue weighted by Crippen LogP contribution is -2.32. The molecule has 98 valence electrons. The number of methoxy groups -OCH3 is 1. The predicted molar refractivity (Wildman–Crippen MR) is 68.3 cm³/mol. The first kappa shape index (κ1) is 13.1. The molecular formula is C14H19NO3. The normalized spacial score (nSPS) is 20.0. The number of carbonyl (C=O) groups excluding carboxylic acids is 1. The minimum absolute atomic E-state index is 0.181. The van der Waals surface area contributed by atoms with Crippen LogP contribution in [0.15, 0.2) is 24.3 Å². The minimum atomic E-state index is -0.301.